The molecule has 2 bridgehead atoms. The Morgan fingerprint density at radius 3 is 2.82 bits per heavy atom. The van der Waals surface area contributed by atoms with Crippen LogP contribution in [0.1, 0.15) is 84.1 Å². The van der Waals surface area contributed by atoms with Crippen LogP contribution < -0.4 is 15.5 Å². The number of oxime groups is 1. The Morgan fingerprint density at radius 1 is 1.23 bits per heavy atom. The Balaban J connectivity index is 1.43. The number of ether oxygens (including phenoxy) is 1. The Bertz CT molecular complexity index is 1690. The first-order chi connectivity index (χ1) is 21.2. The summed E-state index contributed by atoms with van der Waals surface area (Å²) in [6, 6.07) is 7.92. The molecule has 3 aromatic rings. The van der Waals surface area contributed by atoms with Crippen LogP contribution in [0.4, 0.5) is 8.78 Å². The van der Waals surface area contributed by atoms with Crippen molar-refractivity contribution in [2.24, 2.45) is 5.16 Å². The van der Waals surface area contributed by atoms with Crippen LogP contribution >= 0.6 is 0 Å². The molecule has 0 aliphatic carbocycles. The maximum Gasteiger partial charge on any atom is 0.274 e. The first-order valence-corrected chi connectivity index (χ1v) is 14.8. The van der Waals surface area contributed by atoms with Gasteiger partial charge in [-0.3, -0.25) is 19.4 Å². The third kappa shape index (κ3) is 5.22. The van der Waals surface area contributed by atoms with E-state index in [1.54, 1.807) is 15.7 Å². The molecule has 2 aromatic heterocycles. The van der Waals surface area contributed by atoms with Gasteiger partial charge in [-0.15, -0.1) is 0 Å². The third-order valence-electron chi connectivity index (χ3n) is 8.69. The van der Waals surface area contributed by atoms with E-state index in [4.69, 9.17) is 9.57 Å². The Kier molecular flexibility index (Phi) is 7.91. The zero-order valence-electron chi connectivity index (χ0n) is 24.5. The second-order valence-corrected chi connectivity index (χ2v) is 11.5. The van der Waals surface area contributed by atoms with Gasteiger partial charge < -0.3 is 24.4 Å². The Hall–Kier alpha value is -4.61. The van der Waals surface area contributed by atoms with Crippen LogP contribution in [0.15, 0.2) is 58.7 Å². The number of carbonyl (C=O) groups is 2. The summed E-state index contributed by atoms with van der Waals surface area (Å²) < 4.78 is 35.3. The number of benzene rings is 1. The van der Waals surface area contributed by atoms with Gasteiger partial charge in [-0.05, 0) is 44.4 Å². The summed E-state index contributed by atoms with van der Waals surface area (Å²) in [6.07, 6.45) is 6.08. The van der Waals surface area contributed by atoms with Crippen LogP contribution in [-0.2, 0) is 11.4 Å². The lowest BCUT2D eigenvalue weighted by atomic mass is 9.83. The summed E-state index contributed by atoms with van der Waals surface area (Å²) in [4.78, 5) is 53.7. The molecule has 1 spiro atoms. The minimum atomic E-state index is -0.883. The normalized spacial score (nSPS) is 22.2. The second-order valence-electron chi connectivity index (χ2n) is 11.5. The van der Waals surface area contributed by atoms with Gasteiger partial charge in [0.25, 0.3) is 11.8 Å². The fourth-order valence-electron chi connectivity index (χ4n) is 6.16. The van der Waals surface area contributed by atoms with Crippen molar-refractivity contribution in [1.29, 1.82) is 0 Å². The molecule has 230 valence electrons. The van der Waals surface area contributed by atoms with E-state index in [1.165, 1.54) is 12.3 Å². The Morgan fingerprint density at radius 2 is 2.07 bits per heavy atom. The topological polar surface area (TPSA) is 115 Å². The van der Waals surface area contributed by atoms with Gasteiger partial charge in [0.2, 0.25) is 5.43 Å². The summed E-state index contributed by atoms with van der Waals surface area (Å²) in [6.45, 7) is 4.10. The number of unbranched alkanes of at least 4 members (excludes halogenated alkanes) is 1. The highest BCUT2D eigenvalue weighted by molar-refractivity contribution is 6.01. The number of aromatic nitrogens is 2. The second kappa shape index (κ2) is 11.8. The summed E-state index contributed by atoms with van der Waals surface area (Å²) in [5.41, 5.74) is -0.416. The summed E-state index contributed by atoms with van der Waals surface area (Å²) >= 11 is 0. The fourth-order valence-corrected chi connectivity index (χ4v) is 6.16. The molecule has 1 fully saturated rings. The molecule has 3 atom stereocenters. The van der Waals surface area contributed by atoms with Crippen molar-refractivity contribution in [3.05, 3.63) is 93.2 Å². The number of amides is 2. The van der Waals surface area contributed by atoms with Gasteiger partial charge in [0.1, 0.15) is 22.9 Å². The largest absolute Gasteiger partial charge is 0.487 e. The third-order valence-corrected chi connectivity index (χ3v) is 8.69. The molecule has 2 amide bonds. The van der Waals surface area contributed by atoms with Crippen molar-refractivity contribution in [2.45, 2.75) is 70.2 Å². The number of hydrogen-bond acceptors (Lipinski definition) is 7. The van der Waals surface area contributed by atoms with Crippen molar-refractivity contribution in [1.82, 2.24) is 19.8 Å². The van der Waals surface area contributed by atoms with E-state index >= 15 is 0 Å². The predicted molar refractivity (Wildman–Crippen MR) is 157 cm³/mol. The van der Waals surface area contributed by atoms with Crippen molar-refractivity contribution >= 4 is 17.5 Å². The molecular formula is C32H33F2N5O5. The van der Waals surface area contributed by atoms with Gasteiger partial charge in [-0.2, -0.15) is 0 Å². The minimum absolute atomic E-state index is 0.0540. The first-order valence-electron chi connectivity index (χ1n) is 14.8. The maximum atomic E-state index is 14.3. The molecular weight excluding hydrogens is 572 g/mol. The SMILES string of the molecule is CCCCOc1c2n(cc(C(=O)NCc3ccc(F)cc3F)c1=O)[C@@H]1CN(C2=O)[C@@H](C)CC[C@]12CC(c1ccccn1)=NO2. The maximum absolute atomic E-state index is 14.3. The molecule has 1 saturated heterocycles. The number of fused-ring (bicyclic) bond motifs is 5. The molecule has 44 heavy (non-hydrogen) atoms. The molecule has 0 radical (unpaired) electrons. The van der Waals surface area contributed by atoms with E-state index in [-0.39, 0.29) is 54.2 Å². The quantitative estimate of drug-likeness (QED) is 0.382. The fraction of sp³-hybridized carbons (Fsp3) is 0.406. The van der Waals surface area contributed by atoms with Gasteiger partial charge in [0, 0.05) is 49.6 Å². The predicted octanol–water partition coefficient (Wildman–Crippen LogP) is 4.37. The van der Waals surface area contributed by atoms with Crippen LogP contribution in [0.2, 0.25) is 0 Å². The van der Waals surface area contributed by atoms with Gasteiger partial charge >= 0.3 is 0 Å². The average molecular weight is 606 g/mol. The van der Waals surface area contributed by atoms with Gasteiger partial charge in [0.15, 0.2) is 17.0 Å². The minimum Gasteiger partial charge on any atom is -0.487 e. The number of carbonyl (C=O) groups excluding carboxylic acids is 2. The van der Waals surface area contributed by atoms with Crippen molar-refractivity contribution in [3.63, 3.8) is 0 Å². The van der Waals surface area contributed by atoms with E-state index in [0.29, 0.717) is 37.1 Å². The van der Waals surface area contributed by atoms with Crippen LogP contribution in [0, 0.1) is 11.6 Å². The monoisotopic (exact) mass is 605 g/mol. The lowest BCUT2D eigenvalue weighted by Crippen LogP contribution is -2.52. The highest BCUT2D eigenvalue weighted by atomic mass is 19.1. The molecule has 12 heteroatoms. The lowest BCUT2D eigenvalue weighted by molar-refractivity contribution is -0.0656. The van der Waals surface area contributed by atoms with Gasteiger partial charge in [-0.1, -0.05) is 30.6 Å². The average Bonchev–Trinajstić information content (AvgIpc) is 3.41. The summed E-state index contributed by atoms with van der Waals surface area (Å²) in [5, 5.41) is 6.99. The summed E-state index contributed by atoms with van der Waals surface area (Å²) in [7, 11) is 0. The molecule has 1 aromatic carbocycles. The van der Waals surface area contributed by atoms with E-state index in [1.807, 2.05) is 32.0 Å². The number of hydrogen-bond donors (Lipinski definition) is 1. The van der Waals surface area contributed by atoms with Crippen molar-refractivity contribution < 1.29 is 27.9 Å². The van der Waals surface area contributed by atoms with E-state index in [0.717, 1.165) is 18.6 Å². The molecule has 6 rings (SSSR count). The van der Waals surface area contributed by atoms with Gasteiger partial charge in [0.05, 0.1) is 18.3 Å². The number of halogens is 2. The lowest BCUT2D eigenvalue weighted by Gasteiger charge is -2.42. The van der Waals surface area contributed by atoms with E-state index in [2.05, 4.69) is 15.5 Å². The van der Waals surface area contributed by atoms with Crippen LogP contribution in [0.3, 0.4) is 0 Å². The van der Waals surface area contributed by atoms with Crippen LogP contribution in [-0.4, -0.2) is 56.8 Å². The first kappa shape index (κ1) is 29.5. The zero-order chi connectivity index (χ0) is 31.0. The smallest absolute Gasteiger partial charge is 0.274 e. The molecule has 0 saturated carbocycles. The highest BCUT2D eigenvalue weighted by Crippen LogP contribution is 2.46. The number of nitrogens with one attached hydrogen (secondary N) is 1. The van der Waals surface area contributed by atoms with Crippen LogP contribution in [0.25, 0.3) is 0 Å². The molecule has 10 nitrogen and oxygen atoms in total. The standard InChI is InChI=1S/C32H33F2N5O5/c1-3-4-13-43-29-27-31(42)38-18-26(32(11-10-19(38)2)15-25(37-44-32)24-7-5-6-12-35-24)39(27)17-22(28(29)40)30(41)36-16-20-8-9-21(33)14-23(20)34/h5-9,12,14,17,19,26H,3-4,10-11,13,15-16,18H2,1-2H3,(H,36,41)/t19-,26+,32-/m0/s1. The summed E-state index contributed by atoms with van der Waals surface area (Å²) in [5.74, 6) is -2.91. The number of pyridine rings is 2. The van der Waals surface area contributed by atoms with Gasteiger partial charge in [-0.25, -0.2) is 8.78 Å². The molecule has 5 heterocycles. The van der Waals surface area contributed by atoms with E-state index < -0.39 is 34.6 Å². The van der Waals surface area contributed by atoms with Crippen molar-refractivity contribution in [2.75, 3.05) is 13.2 Å². The van der Waals surface area contributed by atoms with Crippen LogP contribution in [0.5, 0.6) is 5.75 Å². The number of nitrogens with zero attached hydrogens (tertiary/aromatic N) is 4. The zero-order valence-corrected chi connectivity index (χ0v) is 24.5. The molecule has 1 N–H and O–H groups in total. The van der Waals surface area contributed by atoms with Crippen molar-refractivity contribution in [3.8, 4) is 5.75 Å². The highest BCUT2D eigenvalue weighted by Gasteiger charge is 2.54. The Labute approximate surface area is 252 Å². The number of rotatable bonds is 8. The molecule has 3 aliphatic rings. The molecule has 3 aliphatic heterocycles. The molecule has 0 unspecified atom stereocenters. The van der Waals surface area contributed by atoms with E-state index in [9.17, 15) is 23.2 Å².